The van der Waals surface area contributed by atoms with Gasteiger partial charge in [-0.3, -0.25) is 4.90 Å². The van der Waals surface area contributed by atoms with Gasteiger partial charge in [-0.2, -0.15) is 0 Å². The van der Waals surface area contributed by atoms with E-state index in [9.17, 15) is 0 Å². The Morgan fingerprint density at radius 1 is 1.05 bits per heavy atom. The molecule has 1 atom stereocenters. The van der Waals surface area contributed by atoms with Crippen LogP contribution in [0, 0.1) is 0 Å². The van der Waals surface area contributed by atoms with Crippen LogP contribution in [0.5, 0.6) is 0 Å². The fraction of sp³-hybridized carbons (Fsp3) is 0.647. The summed E-state index contributed by atoms with van der Waals surface area (Å²) in [4.78, 5) is 5.18. The third-order valence-corrected chi connectivity index (χ3v) is 5.01. The summed E-state index contributed by atoms with van der Waals surface area (Å²) in [6.07, 6.45) is 5.28. The number of piperidine rings is 2. The number of nitrogens with one attached hydrogen (secondary N) is 1. The maximum absolute atomic E-state index is 3.54. The number of likely N-dealkylation sites (N-methyl/N-ethyl adjacent to an activating group) is 1. The van der Waals surface area contributed by atoms with Crippen LogP contribution in [0.1, 0.15) is 25.7 Å². The second kappa shape index (κ2) is 6.59. The van der Waals surface area contributed by atoms with Crippen LogP contribution in [0.3, 0.4) is 0 Å². The van der Waals surface area contributed by atoms with Gasteiger partial charge in [-0.15, -0.1) is 0 Å². The molecule has 0 spiro atoms. The molecule has 0 amide bonds. The number of benzene rings is 1. The molecule has 3 rings (SSSR count). The molecule has 1 aromatic rings. The normalized spacial score (nSPS) is 25.1. The minimum absolute atomic E-state index is 0.747. The maximum Gasteiger partial charge on any atom is 0.0366 e. The third-order valence-electron chi connectivity index (χ3n) is 5.01. The van der Waals surface area contributed by atoms with Crippen molar-refractivity contribution in [2.45, 2.75) is 37.8 Å². The molecule has 2 aliphatic heterocycles. The first-order valence-electron chi connectivity index (χ1n) is 8.07. The Kier molecular flexibility index (Phi) is 4.58. The molecule has 3 heteroatoms. The average Bonchev–Trinajstić information content (AvgIpc) is 2.56. The van der Waals surface area contributed by atoms with Crippen LogP contribution in [-0.2, 0) is 0 Å². The zero-order valence-electron chi connectivity index (χ0n) is 12.6. The fourth-order valence-electron chi connectivity index (χ4n) is 3.65. The van der Waals surface area contributed by atoms with Crippen molar-refractivity contribution in [3.63, 3.8) is 0 Å². The van der Waals surface area contributed by atoms with Crippen LogP contribution >= 0.6 is 0 Å². The highest BCUT2D eigenvalue weighted by Crippen LogP contribution is 2.24. The van der Waals surface area contributed by atoms with E-state index >= 15 is 0 Å². The zero-order valence-corrected chi connectivity index (χ0v) is 12.6. The van der Waals surface area contributed by atoms with E-state index < -0.39 is 0 Å². The third kappa shape index (κ3) is 3.15. The first kappa shape index (κ1) is 13.9. The van der Waals surface area contributed by atoms with Crippen molar-refractivity contribution in [2.24, 2.45) is 0 Å². The lowest BCUT2D eigenvalue weighted by atomic mass is 9.98. The molecule has 1 unspecified atom stereocenters. The molecule has 1 N–H and O–H groups in total. The minimum atomic E-state index is 0.747. The number of hydrogen-bond donors (Lipinski definition) is 1. The van der Waals surface area contributed by atoms with Crippen molar-refractivity contribution < 1.29 is 0 Å². The average molecular weight is 273 g/mol. The Bertz CT molecular complexity index is 392. The van der Waals surface area contributed by atoms with Gasteiger partial charge < -0.3 is 10.2 Å². The molecule has 0 radical (unpaired) electrons. The van der Waals surface area contributed by atoms with Gasteiger partial charge >= 0.3 is 0 Å². The molecule has 20 heavy (non-hydrogen) atoms. The van der Waals surface area contributed by atoms with E-state index in [1.807, 2.05) is 0 Å². The molecule has 0 saturated carbocycles. The quantitative estimate of drug-likeness (QED) is 0.912. The fourth-order valence-corrected chi connectivity index (χ4v) is 3.65. The van der Waals surface area contributed by atoms with E-state index in [1.54, 1.807) is 0 Å². The minimum Gasteiger partial charge on any atom is -0.371 e. The van der Waals surface area contributed by atoms with E-state index in [-0.39, 0.29) is 0 Å². The van der Waals surface area contributed by atoms with Gasteiger partial charge in [0.05, 0.1) is 0 Å². The second-order valence-electron chi connectivity index (χ2n) is 6.22. The van der Waals surface area contributed by atoms with Crippen molar-refractivity contribution in [2.75, 3.05) is 38.1 Å². The van der Waals surface area contributed by atoms with E-state index in [1.165, 1.54) is 57.5 Å². The number of rotatable bonds is 3. The maximum atomic E-state index is 3.54. The van der Waals surface area contributed by atoms with Gasteiger partial charge in [0.1, 0.15) is 0 Å². The van der Waals surface area contributed by atoms with E-state index in [2.05, 4.69) is 52.5 Å². The molecule has 0 bridgehead atoms. The van der Waals surface area contributed by atoms with Gasteiger partial charge in [0.25, 0.3) is 0 Å². The Hall–Kier alpha value is -1.06. The first-order valence-corrected chi connectivity index (χ1v) is 8.07. The van der Waals surface area contributed by atoms with Crippen molar-refractivity contribution >= 4 is 5.69 Å². The molecule has 0 aromatic heterocycles. The van der Waals surface area contributed by atoms with Gasteiger partial charge in [-0.1, -0.05) is 18.2 Å². The van der Waals surface area contributed by atoms with E-state index in [0.717, 1.165) is 12.1 Å². The lowest BCUT2D eigenvalue weighted by Gasteiger charge is -2.42. The lowest BCUT2D eigenvalue weighted by Crippen LogP contribution is -2.51. The molecule has 110 valence electrons. The van der Waals surface area contributed by atoms with Crippen LogP contribution in [0.15, 0.2) is 30.3 Å². The smallest absolute Gasteiger partial charge is 0.0366 e. The van der Waals surface area contributed by atoms with Gasteiger partial charge in [-0.25, -0.2) is 0 Å². The summed E-state index contributed by atoms with van der Waals surface area (Å²) in [6, 6.07) is 12.4. The molecule has 1 aromatic carbocycles. The monoisotopic (exact) mass is 273 g/mol. The second-order valence-corrected chi connectivity index (χ2v) is 6.22. The largest absolute Gasteiger partial charge is 0.371 e. The van der Waals surface area contributed by atoms with Crippen LogP contribution in [0.2, 0.25) is 0 Å². The molecule has 2 saturated heterocycles. The standard InChI is InChI=1S/C17H27N3/c1-19(17-8-5-11-18-14-17)15-9-12-20(13-10-15)16-6-3-2-4-7-16/h2-4,6-7,15,17-18H,5,8-14H2,1H3. The first-order chi connectivity index (χ1) is 9.84. The number of anilines is 1. The Morgan fingerprint density at radius 3 is 2.45 bits per heavy atom. The van der Waals surface area contributed by atoms with Gasteiger partial charge in [0, 0.05) is 37.4 Å². The zero-order chi connectivity index (χ0) is 13.8. The topological polar surface area (TPSA) is 18.5 Å². The van der Waals surface area contributed by atoms with Crippen LogP contribution < -0.4 is 10.2 Å². The SMILES string of the molecule is CN(C1CCN(c2ccccc2)CC1)C1CCCNC1. The predicted octanol–water partition coefficient (Wildman–Crippen LogP) is 2.34. The van der Waals surface area contributed by atoms with Crippen LogP contribution in [-0.4, -0.2) is 50.2 Å². The molecule has 3 nitrogen and oxygen atoms in total. The van der Waals surface area contributed by atoms with E-state index in [0.29, 0.717) is 0 Å². The lowest BCUT2D eigenvalue weighted by molar-refractivity contribution is 0.127. The van der Waals surface area contributed by atoms with Crippen molar-refractivity contribution in [1.29, 1.82) is 0 Å². The summed E-state index contributed by atoms with van der Waals surface area (Å²) in [5, 5.41) is 3.54. The van der Waals surface area contributed by atoms with Gasteiger partial charge in [0.15, 0.2) is 0 Å². The number of hydrogen-bond acceptors (Lipinski definition) is 3. The molecule has 2 heterocycles. The Labute approximate surface area is 123 Å². The molecular weight excluding hydrogens is 246 g/mol. The Morgan fingerprint density at radius 2 is 1.80 bits per heavy atom. The molecule has 0 aliphatic carbocycles. The van der Waals surface area contributed by atoms with Gasteiger partial charge in [-0.05, 0) is 51.4 Å². The summed E-state index contributed by atoms with van der Waals surface area (Å²) in [5.41, 5.74) is 1.38. The summed E-state index contributed by atoms with van der Waals surface area (Å²) in [7, 11) is 2.33. The highest BCUT2D eigenvalue weighted by Gasteiger charge is 2.27. The summed E-state index contributed by atoms with van der Waals surface area (Å²) in [6.45, 7) is 4.77. The summed E-state index contributed by atoms with van der Waals surface area (Å²) in [5.74, 6) is 0. The van der Waals surface area contributed by atoms with Crippen LogP contribution in [0.4, 0.5) is 5.69 Å². The predicted molar refractivity (Wildman–Crippen MR) is 85.3 cm³/mol. The molecular formula is C17H27N3. The van der Waals surface area contributed by atoms with Crippen LogP contribution in [0.25, 0.3) is 0 Å². The summed E-state index contributed by atoms with van der Waals surface area (Å²) < 4.78 is 0. The van der Waals surface area contributed by atoms with Crippen molar-refractivity contribution in [3.8, 4) is 0 Å². The molecule has 2 fully saturated rings. The molecule has 2 aliphatic rings. The highest BCUT2D eigenvalue weighted by molar-refractivity contribution is 5.46. The highest BCUT2D eigenvalue weighted by atomic mass is 15.2. The van der Waals surface area contributed by atoms with Crippen molar-refractivity contribution in [1.82, 2.24) is 10.2 Å². The summed E-state index contributed by atoms with van der Waals surface area (Å²) >= 11 is 0. The number of nitrogens with zero attached hydrogens (tertiary/aromatic N) is 2. The van der Waals surface area contributed by atoms with Gasteiger partial charge in [0.2, 0.25) is 0 Å². The van der Waals surface area contributed by atoms with E-state index in [4.69, 9.17) is 0 Å². The number of para-hydroxylation sites is 1. The van der Waals surface area contributed by atoms with Crippen molar-refractivity contribution in [3.05, 3.63) is 30.3 Å². The Balaban J connectivity index is 1.53.